The van der Waals surface area contributed by atoms with Crippen molar-refractivity contribution >= 4 is 34.4 Å². The highest BCUT2D eigenvalue weighted by Crippen LogP contribution is 2.28. The number of nitro benzene ring substituents is 1. The highest BCUT2D eigenvalue weighted by atomic mass is 32.2. The number of aromatic nitrogens is 2. The van der Waals surface area contributed by atoms with Crippen molar-refractivity contribution in [1.29, 1.82) is 0 Å². The molecule has 0 saturated carbocycles. The fourth-order valence-corrected chi connectivity index (χ4v) is 2.88. The van der Waals surface area contributed by atoms with Crippen LogP contribution in [-0.2, 0) is 6.54 Å². The van der Waals surface area contributed by atoms with Gasteiger partial charge in [0.2, 0.25) is 0 Å². The Morgan fingerprint density at radius 2 is 2.12 bits per heavy atom. The van der Waals surface area contributed by atoms with Crippen LogP contribution in [0.1, 0.15) is 16.2 Å². The van der Waals surface area contributed by atoms with Crippen LogP contribution in [0.4, 0.5) is 5.69 Å². The van der Waals surface area contributed by atoms with Gasteiger partial charge in [-0.1, -0.05) is 12.1 Å². The Labute approximate surface area is 141 Å². The minimum atomic E-state index is -0.484. The fraction of sp³-hybridized carbons (Fsp3) is 0.125. The van der Waals surface area contributed by atoms with E-state index >= 15 is 0 Å². The number of fused-ring (bicyclic) bond motifs is 1. The van der Waals surface area contributed by atoms with E-state index in [0.29, 0.717) is 10.7 Å². The molecule has 0 radical (unpaired) electrons. The molecule has 2 N–H and O–H groups in total. The Hall–Kier alpha value is -2.87. The van der Waals surface area contributed by atoms with Crippen LogP contribution in [0.2, 0.25) is 0 Å². The van der Waals surface area contributed by atoms with Crippen LogP contribution in [0, 0.1) is 10.1 Å². The smallest absolute Gasteiger partial charge is 0.283 e. The number of aromatic amines is 1. The SMILES string of the molecule is CSc1ccc(C(=O)NCc2nc3ccccc3[nH]2)cc1[N+](=O)[O-]. The number of hydrogen-bond donors (Lipinski definition) is 2. The lowest BCUT2D eigenvalue weighted by Gasteiger charge is -2.05. The van der Waals surface area contributed by atoms with E-state index in [4.69, 9.17) is 0 Å². The van der Waals surface area contributed by atoms with Crippen LogP contribution >= 0.6 is 11.8 Å². The third-order valence-corrected chi connectivity index (χ3v) is 4.28. The molecule has 0 saturated heterocycles. The third kappa shape index (κ3) is 3.23. The fourth-order valence-electron chi connectivity index (χ4n) is 2.33. The van der Waals surface area contributed by atoms with Crippen molar-refractivity contribution in [3.05, 3.63) is 64.0 Å². The summed E-state index contributed by atoms with van der Waals surface area (Å²) in [6, 6.07) is 12.0. The standard InChI is InChI=1S/C16H14N4O3S/c1-24-14-7-6-10(8-13(14)20(22)23)16(21)17-9-15-18-11-4-2-3-5-12(11)19-15/h2-8H,9H2,1H3,(H,17,21)(H,18,19). The molecule has 122 valence electrons. The number of nitrogens with zero attached hydrogens (tertiary/aromatic N) is 2. The number of H-pyrrole nitrogens is 1. The van der Waals surface area contributed by atoms with Crippen molar-refractivity contribution in [3.63, 3.8) is 0 Å². The molecule has 0 fully saturated rings. The predicted octanol–water partition coefficient (Wildman–Crippen LogP) is 3.12. The van der Waals surface area contributed by atoms with E-state index in [9.17, 15) is 14.9 Å². The summed E-state index contributed by atoms with van der Waals surface area (Å²) in [5, 5.41) is 13.8. The lowest BCUT2D eigenvalue weighted by molar-refractivity contribution is -0.387. The van der Waals surface area contributed by atoms with Gasteiger partial charge < -0.3 is 10.3 Å². The molecule has 1 heterocycles. The second-order valence-corrected chi connectivity index (χ2v) is 5.88. The topological polar surface area (TPSA) is 101 Å². The summed E-state index contributed by atoms with van der Waals surface area (Å²) in [5.41, 5.74) is 1.89. The van der Waals surface area contributed by atoms with E-state index in [1.807, 2.05) is 24.3 Å². The van der Waals surface area contributed by atoms with Gasteiger partial charge in [0.05, 0.1) is 27.4 Å². The van der Waals surface area contributed by atoms with E-state index in [1.54, 1.807) is 18.4 Å². The van der Waals surface area contributed by atoms with E-state index in [1.165, 1.54) is 17.8 Å². The lowest BCUT2D eigenvalue weighted by Crippen LogP contribution is -2.23. The molecular weight excluding hydrogens is 328 g/mol. The second kappa shape index (κ2) is 6.71. The number of carbonyl (C=O) groups is 1. The molecule has 8 heteroatoms. The number of thioether (sulfide) groups is 1. The molecule has 0 bridgehead atoms. The summed E-state index contributed by atoms with van der Waals surface area (Å²) in [7, 11) is 0. The van der Waals surface area contributed by atoms with E-state index < -0.39 is 4.92 Å². The Morgan fingerprint density at radius 1 is 1.33 bits per heavy atom. The van der Waals surface area contributed by atoms with E-state index in [2.05, 4.69) is 15.3 Å². The zero-order chi connectivity index (χ0) is 17.1. The maximum absolute atomic E-state index is 12.2. The van der Waals surface area contributed by atoms with Gasteiger partial charge in [0.15, 0.2) is 0 Å². The van der Waals surface area contributed by atoms with Gasteiger partial charge >= 0.3 is 0 Å². The number of nitro groups is 1. The second-order valence-electron chi connectivity index (χ2n) is 5.03. The summed E-state index contributed by atoms with van der Waals surface area (Å²) >= 11 is 1.27. The third-order valence-electron chi connectivity index (χ3n) is 3.49. The number of para-hydroxylation sites is 2. The van der Waals surface area contributed by atoms with Crippen LogP contribution in [0.5, 0.6) is 0 Å². The molecule has 1 aromatic heterocycles. The molecule has 0 unspecified atom stereocenters. The first-order chi connectivity index (χ1) is 11.6. The van der Waals surface area contributed by atoms with Gasteiger partial charge in [0.1, 0.15) is 5.82 Å². The number of rotatable bonds is 5. The Balaban J connectivity index is 1.75. The average molecular weight is 342 g/mol. The largest absolute Gasteiger partial charge is 0.345 e. The molecule has 0 aliphatic carbocycles. The zero-order valence-electron chi connectivity index (χ0n) is 12.8. The molecule has 0 atom stereocenters. The normalized spacial score (nSPS) is 10.7. The van der Waals surface area contributed by atoms with Crippen LogP contribution < -0.4 is 5.32 Å². The number of nitrogens with one attached hydrogen (secondary N) is 2. The van der Waals surface area contributed by atoms with Gasteiger partial charge in [-0.2, -0.15) is 0 Å². The van der Waals surface area contributed by atoms with Crippen molar-refractivity contribution < 1.29 is 9.72 Å². The van der Waals surface area contributed by atoms with Crippen LogP contribution in [0.3, 0.4) is 0 Å². The molecule has 0 aliphatic rings. The number of hydrogen-bond acceptors (Lipinski definition) is 5. The van der Waals surface area contributed by atoms with Gasteiger partial charge in [-0.3, -0.25) is 14.9 Å². The molecule has 0 spiro atoms. The first kappa shape index (κ1) is 16.0. The lowest BCUT2D eigenvalue weighted by atomic mass is 10.2. The van der Waals surface area contributed by atoms with Crippen molar-refractivity contribution in [2.24, 2.45) is 0 Å². The molecular formula is C16H14N4O3S. The maximum Gasteiger partial charge on any atom is 0.283 e. The van der Waals surface area contributed by atoms with Crippen molar-refractivity contribution in [1.82, 2.24) is 15.3 Å². The molecule has 3 rings (SSSR count). The van der Waals surface area contributed by atoms with Crippen LogP contribution in [-0.4, -0.2) is 27.1 Å². The van der Waals surface area contributed by atoms with Crippen LogP contribution in [0.15, 0.2) is 47.4 Å². The molecule has 3 aromatic rings. The van der Waals surface area contributed by atoms with Crippen molar-refractivity contribution in [3.8, 4) is 0 Å². The number of amides is 1. The van der Waals surface area contributed by atoms with Gasteiger partial charge in [-0.15, -0.1) is 11.8 Å². The monoisotopic (exact) mass is 342 g/mol. The van der Waals surface area contributed by atoms with Gasteiger partial charge in [-0.25, -0.2) is 4.98 Å². The summed E-state index contributed by atoms with van der Waals surface area (Å²) in [4.78, 5) is 30.8. The molecule has 7 nitrogen and oxygen atoms in total. The van der Waals surface area contributed by atoms with Gasteiger partial charge in [0.25, 0.3) is 11.6 Å². The first-order valence-corrected chi connectivity index (χ1v) is 8.35. The summed E-state index contributed by atoms with van der Waals surface area (Å²) in [6.45, 7) is 0.214. The van der Waals surface area contributed by atoms with E-state index in [0.717, 1.165) is 11.0 Å². The van der Waals surface area contributed by atoms with Crippen LogP contribution in [0.25, 0.3) is 11.0 Å². The summed E-state index contributed by atoms with van der Waals surface area (Å²) < 4.78 is 0. The van der Waals surface area contributed by atoms with E-state index in [-0.39, 0.29) is 23.7 Å². The maximum atomic E-state index is 12.2. The summed E-state index contributed by atoms with van der Waals surface area (Å²) in [6.07, 6.45) is 1.75. The molecule has 0 aliphatic heterocycles. The Morgan fingerprint density at radius 3 is 2.83 bits per heavy atom. The minimum Gasteiger partial charge on any atom is -0.345 e. The highest BCUT2D eigenvalue weighted by molar-refractivity contribution is 7.98. The first-order valence-electron chi connectivity index (χ1n) is 7.12. The van der Waals surface area contributed by atoms with Crippen molar-refractivity contribution in [2.75, 3.05) is 6.26 Å². The quantitative estimate of drug-likeness (QED) is 0.421. The van der Waals surface area contributed by atoms with Crippen molar-refractivity contribution in [2.45, 2.75) is 11.4 Å². The van der Waals surface area contributed by atoms with Gasteiger partial charge in [-0.05, 0) is 30.5 Å². The zero-order valence-corrected chi connectivity index (χ0v) is 13.6. The Bertz CT molecular complexity index is 890. The molecule has 24 heavy (non-hydrogen) atoms. The predicted molar refractivity (Wildman–Crippen MR) is 92.1 cm³/mol. The number of carbonyl (C=O) groups excluding carboxylic acids is 1. The van der Waals surface area contributed by atoms with Gasteiger partial charge in [0, 0.05) is 11.6 Å². The molecule has 1 amide bonds. The number of imidazole rings is 1. The Kier molecular flexibility index (Phi) is 4.48. The highest BCUT2D eigenvalue weighted by Gasteiger charge is 2.17. The minimum absolute atomic E-state index is 0.0705. The average Bonchev–Trinajstić information content (AvgIpc) is 3.02. The number of benzene rings is 2. The molecule has 2 aromatic carbocycles. The summed E-state index contributed by atoms with van der Waals surface area (Å²) in [5.74, 6) is 0.242.